The van der Waals surface area contributed by atoms with E-state index in [1.54, 1.807) is 12.0 Å². The van der Waals surface area contributed by atoms with E-state index in [2.05, 4.69) is 47.8 Å². The Morgan fingerprint density at radius 2 is 1.70 bits per heavy atom. The van der Waals surface area contributed by atoms with Gasteiger partial charge in [0, 0.05) is 42.9 Å². The second-order valence-corrected chi connectivity index (χ2v) is 8.89. The molecule has 30 heavy (non-hydrogen) atoms. The van der Waals surface area contributed by atoms with Gasteiger partial charge in [0.05, 0.1) is 26.2 Å². The molecule has 4 rings (SSSR count). The summed E-state index contributed by atoms with van der Waals surface area (Å²) in [6, 6.07) is 19.9. The Kier molecular flexibility index (Phi) is 7.03. The third-order valence-electron chi connectivity index (χ3n) is 6.49. The minimum Gasteiger partial charge on any atom is -0.497 e. The summed E-state index contributed by atoms with van der Waals surface area (Å²) in [6.07, 6.45) is 4.62. The van der Waals surface area contributed by atoms with Gasteiger partial charge in [-0.05, 0) is 24.3 Å². The minimum absolute atomic E-state index is 0.210. The first-order valence-corrected chi connectivity index (χ1v) is 11.3. The molecule has 0 radical (unpaired) electrons. The third kappa shape index (κ3) is 6.07. The Hall–Kier alpha value is -2.37. The number of methoxy groups -OCH3 is 1. The SMILES string of the molecule is COc1ccc(C[NH+](CC(=O)NC2CC[NH+](Cc3ccccc3)CC2)C2CC2)cc1. The normalized spacial score (nSPS) is 22.3. The highest BCUT2D eigenvalue weighted by molar-refractivity contribution is 5.77. The zero-order valence-corrected chi connectivity index (χ0v) is 18.0. The van der Waals surface area contributed by atoms with Gasteiger partial charge in [0.15, 0.2) is 6.54 Å². The Labute approximate surface area is 180 Å². The Bertz CT molecular complexity index is 797. The van der Waals surface area contributed by atoms with Crippen molar-refractivity contribution in [3.63, 3.8) is 0 Å². The number of amides is 1. The molecule has 160 valence electrons. The molecule has 1 saturated heterocycles. The highest BCUT2D eigenvalue weighted by Crippen LogP contribution is 2.16. The van der Waals surface area contributed by atoms with Crippen LogP contribution in [0.4, 0.5) is 0 Å². The molecule has 5 heteroatoms. The lowest BCUT2D eigenvalue weighted by molar-refractivity contribution is -0.919. The molecule has 1 heterocycles. The summed E-state index contributed by atoms with van der Waals surface area (Å²) < 4.78 is 5.25. The van der Waals surface area contributed by atoms with Crippen LogP contribution in [0.25, 0.3) is 0 Å². The zero-order chi connectivity index (χ0) is 20.8. The Morgan fingerprint density at radius 3 is 2.33 bits per heavy atom. The third-order valence-corrected chi connectivity index (χ3v) is 6.49. The van der Waals surface area contributed by atoms with Crippen molar-refractivity contribution in [2.75, 3.05) is 26.7 Å². The maximum atomic E-state index is 12.8. The van der Waals surface area contributed by atoms with Crippen LogP contribution in [0.1, 0.15) is 36.8 Å². The van der Waals surface area contributed by atoms with Gasteiger partial charge in [0.1, 0.15) is 18.8 Å². The fraction of sp³-hybridized carbons (Fsp3) is 0.480. The fourth-order valence-corrected chi connectivity index (χ4v) is 4.56. The Morgan fingerprint density at radius 1 is 1.00 bits per heavy atom. The van der Waals surface area contributed by atoms with E-state index in [9.17, 15) is 4.79 Å². The molecule has 5 nitrogen and oxygen atoms in total. The van der Waals surface area contributed by atoms with E-state index in [4.69, 9.17) is 4.74 Å². The smallest absolute Gasteiger partial charge is 0.275 e. The van der Waals surface area contributed by atoms with Gasteiger partial charge in [-0.25, -0.2) is 0 Å². The van der Waals surface area contributed by atoms with Gasteiger partial charge in [-0.3, -0.25) is 4.79 Å². The highest BCUT2D eigenvalue weighted by atomic mass is 16.5. The van der Waals surface area contributed by atoms with Crippen molar-refractivity contribution in [1.29, 1.82) is 0 Å². The monoisotopic (exact) mass is 409 g/mol. The van der Waals surface area contributed by atoms with Crippen LogP contribution in [0.15, 0.2) is 54.6 Å². The van der Waals surface area contributed by atoms with E-state index in [0.29, 0.717) is 18.6 Å². The van der Waals surface area contributed by atoms with Crippen molar-refractivity contribution < 1.29 is 19.3 Å². The van der Waals surface area contributed by atoms with Gasteiger partial charge < -0.3 is 19.9 Å². The van der Waals surface area contributed by atoms with Crippen molar-refractivity contribution in [3.8, 4) is 5.75 Å². The van der Waals surface area contributed by atoms with Crippen molar-refractivity contribution in [1.82, 2.24) is 5.32 Å². The average molecular weight is 410 g/mol. The summed E-state index contributed by atoms with van der Waals surface area (Å²) in [6.45, 7) is 4.83. The second-order valence-electron chi connectivity index (χ2n) is 8.89. The Balaban J connectivity index is 1.22. The van der Waals surface area contributed by atoms with Crippen molar-refractivity contribution in [2.24, 2.45) is 0 Å². The van der Waals surface area contributed by atoms with E-state index >= 15 is 0 Å². The van der Waals surface area contributed by atoms with E-state index in [1.807, 2.05) is 12.1 Å². The molecule has 2 aliphatic rings. The molecule has 1 aliphatic heterocycles. The largest absolute Gasteiger partial charge is 0.497 e. The summed E-state index contributed by atoms with van der Waals surface area (Å²) in [7, 11) is 1.69. The predicted molar refractivity (Wildman–Crippen MR) is 118 cm³/mol. The molecular weight excluding hydrogens is 374 g/mol. The van der Waals surface area contributed by atoms with Crippen LogP contribution < -0.4 is 19.9 Å². The number of rotatable bonds is 9. The number of quaternary nitrogens is 2. The number of carbonyl (C=O) groups excluding carboxylic acids is 1. The van der Waals surface area contributed by atoms with Crippen LogP contribution in [0.3, 0.4) is 0 Å². The number of likely N-dealkylation sites (tertiary alicyclic amines) is 1. The molecule has 0 aromatic heterocycles. The van der Waals surface area contributed by atoms with Gasteiger partial charge >= 0.3 is 0 Å². The average Bonchev–Trinajstić information content (AvgIpc) is 3.61. The van der Waals surface area contributed by atoms with Crippen LogP contribution >= 0.6 is 0 Å². The van der Waals surface area contributed by atoms with Crippen LogP contribution in [-0.4, -0.2) is 44.7 Å². The summed E-state index contributed by atoms with van der Waals surface area (Å²) >= 11 is 0. The van der Waals surface area contributed by atoms with E-state index < -0.39 is 0 Å². The molecule has 3 N–H and O–H groups in total. The zero-order valence-electron chi connectivity index (χ0n) is 18.0. The molecule has 0 spiro atoms. The number of piperidine rings is 1. The molecular formula is C25H35N3O2+2. The van der Waals surface area contributed by atoms with E-state index in [0.717, 1.165) is 44.8 Å². The molecule has 1 atom stereocenters. The summed E-state index contributed by atoms with van der Waals surface area (Å²) in [5.41, 5.74) is 2.67. The van der Waals surface area contributed by atoms with Crippen LogP contribution in [-0.2, 0) is 17.9 Å². The van der Waals surface area contributed by atoms with Gasteiger partial charge in [-0.2, -0.15) is 0 Å². The van der Waals surface area contributed by atoms with Crippen molar-refractivity contribution in [3.05, 3.63) is 65.7 Å². The quantitative estimate of drug-likeness (QED) is 0.568. The number of hydrogen-bond donors (Lipinski definition) is 3. The topological polar surface area (TPSA) is 47.2 Å². The lowest BCUT2D eigenvalue weighted by atomic mass is 10.0. The van der Waals surface area contributed by atoms with E-state index in [-0.39, 0.29) is 5.91 Å². The van der Waals surface area contributed by atoms with Crippen LogP contribution in [0, 0.1) is 0 Å². The number of benzene rings is 2. The first-order chi connectivity index (χ1) is 14.7. The number of carbonyl (C=O) groups is 1. The first-order valence-electron chi connectivity index (χ1n) is 11.3. The first kappa shape index (κ1) is 20.9. The fourth-order valence-electron chi connectivity index (χ4n) is 4.56. The maximum absolute atomic E-state index is 12.8. The van der Waals surface area contributed by atoms with Crippen LogP contribution in [0.2, 0.25) is 0 Å². The lowest BCUT2D eigenvalue weighted by Gasteiger charge is -2.30. The maximum Gasteiger partial charge on any atom is 0.275 e. The molecule has 1 saturated carbocycles. The number of ether oxygens (including phenoxy) is 1. The summed E-state index contributed by atoms with van der Waals surface area (Å²) in [5.74, 6) is 1.09. The molecule has 1 aliphatic carbocycles. The second kappa shape index (κ2) is 10.1. The highest BCUT2D eigenvalue weighted by Gasteiger charge is 2.35. The number of hydrogen-bond acceptors (Lipinski definition) is 2. The molecule has 2 aromatic rings. The summed E-state index contributed by atoms with van der Waals surface area (Å²) in [4.78, 5) is 15.8. The lowest BCUT2D eigenvalue weighted by Crippen LogP contribution is -3.13. The van der Waals surface area contributed by atoms with Gasteiger partial charge in [-0.1, -0.05) is 30.3 Å². The van der Waals surface area contributed by atoms with Crippen molar-refractivity contribution >= 4 is 5.91 Å². The summed E-state index contributed by atoms with van der Waals surface area (Å²) in [5, 5.41) is 3.33. The van der Waals surface area contributed by atoms with Gasteiger partial charge in [0.2, 0.25) is 0 Å². The van der Waals surface area contributed by atoms with Gasteiger partial charge in [-0.15, -0.1) is 0 Å². The molecule has 2 fully saturated rings. The predicted octanol–water partition coefficient (Wildman–Crippen LogP) is 0.606. The van der Waals surface area contributed by atoms with E-state index in [1.165, 1.54) is 28.9 Å². The minimum atomic E-state index is 0.210. The molecule has 1 amide bonds. The van der Waals surface area contributed by atoms with Crippen molar-refractivity contribution in [2.45, 2.75) is 50.9 Å². The molecule has 2 aromatic carbocycles. The molecule has 1 unspecified atom stereocenters. The van der Waals surface area contributed by atoms with Crippen LogP contribution in [0.5, 0.6) is 5.75 Å². The standard InChI is InChI=1S/C25H33N3O2/c1-30-24-11-7-21(8-12-24)18-28(23-9-10-23)19-25(29)26-22-13-15-27(16-14-22)17-20-5-3-2-4-6-20/h2-8,11-12,22-23H,9-10,13-19H2,1H3,(H,26,29)/p+2. The molecule has 0 bridgehead atoms. The van der Waals surface area contributed by atoms with Gasteiger partial charge in [0.25, 0.3) is 5.91 Å². The number of nitrogens with one attached hydrogen (secondary N) is 3.